The van der Waals surface area contributed by atoms with Gasteiger partial charge in [-0.1, -0.05) is 19.9 Å². The summed E-state index contributed by atoms with van der Waals surface area (Å²) in [5, 5.41) is 0. The fourth-order valence-electron chi connectivity index (χ4n) is 5.58. The second-order valence-corrected chi connectivity index (χ2v) is 11.3. The van der Waals surface area contributed by atoms with Gasteiger partial charge in [0.05, 0.1) is 0 Å². The molecule has 0 saturated heterocycles. The highest BCUT2D eigenvalue weighted by atomic mass is 32.2. The molecular weight excluding hydrogens is 348 g/mol. The van der Waals surface area contributed by atoms with Crippen LogP contribution < -0.4 is 0 Å². The molecule has 4 aliphatic carbocycles. The summed E-state index contributed by atoms with van der Waals surface area (Å²) < 4.78 is 6.32. The van der Waals surface area contributed by atoms with E-state index in [9.17, 15) is 4.79 Å². The second-order valence-electron chi connectivity index (χ2n) is 8.47. The molecule has 0 spiro atoms. The zero-order valence-electron chi connectivity index (χ0n) is 15.8. The van der Waals surface area contributed by atoms with E-state index in [4.69, 9.17) is 4.74 Å². The predicted molar refractivity (Wildman–Crippen MR) is 110 cm³/mol. The van der Waals surface area contributed by atoms with Gasteiger partial charge in [0.25, 0.3) is 0 Å². The fraction of sp³-hybridized carbons (Fsp3) is 0.857. The van der Waals surface area contributed by atoms with Gasteiger partial charge in [-0.25, -0.2) is 4.79 Å². The third-order valence-corrected chi connectivity index (χ3v) is 8.91. The van der Waals surface area contributed by atoms with Gasteiger partial charge in [-0.2, -0.15) is 23.5 Å². The first-order chi connectivity index (χ1) is 12.1. The van der Waals surface area contributed by atoms with Gasteiger partial charge in [0, 0.05) is 17.2 Å². The predicted octanol–water partition coefficient (Wildman–Crippen LogP) is 5.85. The highest BCUT2D eigenvalue weighted by Gasteiger charge is 2.59. The molecule has 4 fully saturated rings. The summed E-state index contributed by atoms with van der Waals surface area (Å²) in [6.07, 6.45) is 14.0. The van der Waals surface area contributed by atoms with Gasteiger partial charge in [-0.15, -0.1) is 0 Å². The smallest absolute Gasteiger partial charge is 0.330 e. The molecule has 0 N–H and O–H groups in total. The van der Waals surface area contributed by atoms with Crippen molar-refractivity contribution in [2.45, 2.75) is 81.5 Å². The monoisotopic (exact) mass is 382 g/mol. The van der Waals surface area contributed by atoms with Crippen LogP contribution in [0.25, 0.3) is 0 Å². The Kier molecular flexibility index (Phi) is 6.87. The minimum Gasteiger partial charge on any atom is -0.456 e. The van der Waals surface area contributed by atoms with E-state index in [2.05, 4.69) is 37.0 Å². The number of esters is 1. The van der Waals surface area contributed by atoms with Crippen LogP contribution in [0.1, 0.15) is 71.1 Å². The van der Waals surface area contributed by atoms with Gasteiger partial charge in [0.1, 0.15) is 5.60 Å². The third-order valence-electron chi connectivity index (χ3n) is 6.17. The standard InChI is InChI=1S/C21H34O2S2/c1-3-5-8-24-9-6-7-10-25-21-14-17-11-18(15-21)13-20(12-17,16-21)23-19(22)4-2/h4,17-18H,2-3,5-16H2,1H3. The van der Waals surface area contributed by atoms with E-state index >= 15 is 0 Å². The van der Waals surface area contributed by atoms with Crippen molar-refractivity contribution in [3.05, 3.63) is 12.7 Å². The van der Waals surface area contributed by atoms with Gasteiger partial charge < -0.3 is 4.74 Å². The van der Waals surface area contributed by atoms with Crippen LogP contribution in [0.5, 0.6) is 0 Å². The molecule has 4 saturated carbocycles. The van der Waals surface area contributed by atoms with Crippen molar-refractivity contribution in [2.75, 3.05) is 17.3 Å². The molecule has 4 aliphatic rings. The Morgan fingerprint density at radius 3 is 2.48 bits per heavy atom. The summed E-state index contributed by atoms with van der Waals surface area (Å²) in [6.45, 7) is 5.86. The summed E-state index contributed by atoms with van der Waals surface area (Å²) in [6, 6.07) is 0. The lowest BCUT2D eigenvalue weighted by atomic mass is 9.53. The van der Waals surface area contributed by atoms with Gasteiger partial charge in [-0.3, -0.25) is 0 Å². The van der Waals surface area contributed by atoms with E-state index in [1.807, 2.05) is 0 Å². The maximum atomic E-state index is 11.9. The average Bonchev–Trinajstić information content (AvgIpc) is 2.55. The van der Waals surface area contributed by atoms with Gasteiger partial charge in [-0.05, 0) is 80.5 Å². The van der Waals surface area contributed by atoms with E-state index in [1.165, 1.54) is 68.3 Å². The fourth-order valence-corrected chi connectivity index (χ4v) is 8.54. The Hall–Kier alpha value is -0.0900. The van der Waals surface area contributed by atoms with Crippen LogP contribution in [0.4, 0.5) is 0 Å². The van der Waals surface area contributed by atoms with Crippen molar-refractivity contribution in [3.8, 4) is 0 Å². The normalized spacial score (nSPS) is 35.7. The van der Waals surface area contributed by atoms with Crippen LogP contribution in [-0.4, -0.2) is 33.6 Å². The molecule has 4 rings (SSSR count). The molecule has 142 valence electrons. The minimum absolute atomic E-state index is 0.168. The number of hydrogen-bond acceptors (Lipinski definition) is 4. The quantitative estimate of drug-likeness (QED) is 0.254. The number of ether oxygens (including phenoxy) is 1. The van der Waals surface area contributed by atoms with Gasteiger partial charge in [0.2, 0.25) is 0 Å². The highest BCUT2D eigenvalue weighted by molar-refractivity contribution is 8.00. The van der Waals surface area contributed by atoms with Gasteiger partial charge in [0.15, 0.2) is 0 Å². The van der Waals surface area contributed by atoms with Crippen molar-refractivity contribution >= 4 is 29.5 Å². The lowest BCUT2D eigenvalue weighted by Crippen LogP contribution is -2.59. The maximum Gasteiger partial charge on any atom is 0.330 e. The Morgan fingerprint density at radius 1 is 1.12 bits per heavy atom. The van der Waals surface area contributed by atoms with Crippen molar-refractivity contribution in [1.82, 2.24) is 0 Å². The summed E-state index contributed by atoms with van der Waals surface area (Å²) in [5.41, 5.74) is -0.168. The molecule has 0 radical (unpaired) electrons. The summed E-state index contributed by atoms with van der Waals surface area (Å²) in [7, 11) is 0. The second kappa shape index (κ2) is 8.73. The topological polar surface area (TPSA) is 26.3 Å². The number of carbonyl (C=O) groups excluding carboxylic acids is 1. The average molecular weight is 383 g/mol. The molecule has 4 heteroatoms. The molecule has 2 nitrogen and oxygen atoms in total. The zero-order valence-corrected chi connectivity index (χ0v) is 17.4. The molecule has 0 aromatic carbocycles. The van der Waals surface area contributed by atoms with Gasteiger partial charge >= 0.3 is 5.97 Å². The summed E-state index contributed by atoms with van der Waals surface area (Å²) >= 11 is 4.33. The molecule has 2 atom stereocenters. The van der Waals surface area contributed by atoms with Crippen molar-refractivity contribution in [3.63, 3.8) is 0 Å². The van der Waals surface area contributed by atoms with E-state index in [1.54, 1.807) is 0 Å². The van der Waals surface area contributed by atoms with Crippen LogP contribution in [0.2, 0.25) is 0 Å². The number of hydrogen-bond donors (Lipinski definition) is 0. The molecule has 0 aromatic rings. The molecule has 0 heterocycles. The maximum absolute atomic E-state index is 11.9. The number of thioether (sulfide) groups is 2. The van der Waals surface area contributed by atoms with Crippen LogP contribution in [-0.2, 0) is 9.53 Å². The Labute approximate surface area is 162 Å². The van der Waals surface area contributed by atoms with Crippen LogP contribution >= 0.6 is 23.5 Å². The lowest BCUT2D eigenvalue weighted by Gasteiger charge is -2.60. The Balaban J connectivity index is 1.46. The molecule has 4 bridgehead atoms. The lowest BCUT2D eigenvalue weighted by molar-refractivity contribution is -0.177. The van der Waals surface area contributed by atoms with E-state index in [0.29, 0.717) is 4.75 Å². The van der Waals surface area contributed by atoms with Crippen molar-refractivity contribution in [1.29, 1.82) is 0 Å². The number of unbranched alkanes of at least 4 members (excludes halogenated alkanes) is 2. The Morgan fingerprint density at radius 2 is 1.80 bits per heavy atom. The SMILES string of the molecule is C=CC(=O)OC12CC3CC(C1)CC(SCCCCSCCCC)(C3)C2. The number of rotatable bonds is 11. The molecule has 0 aliphatic heterocycles. The van der Waals surface area contributed by atoms with Crippen LogP contribution in [0, 0.1) is 11.8 Å². The summed E-state index contributed by atoms with van der Waals surface area (Å²) in [5.74, 6) is 5.26. The molecule has 0 amide bonds. The van der Waals surface area contributed by atoms with E-state index in [0.717, 1.165) is 31.1 Å². The largest absolute Gasteiger partial charge is 0.456 e. The summed E-state index contributed by atoms with van der Waals surface area (Å²) in [4.78, 5) is 11.9. The van der Waals surface area contributed by atoms with Crippen LogP contribution in [0.15, 0.2) is 12.7 Å². The highest BCUT2D eigenvalue weighted by Crippen LogP contribution is 2.63. The van der Waals surface area contributed by atoms with Crippen molar-refractivity contribution in [2.24, 2.45) is 11.8 Å². The first kappa shape index (κ1) is 19.7. The number of carbonyl (C=O) groups is 1. The minimum atomic E-state index is -0.216. The zero-order chi connectivity index (χ0) is 17.8. The molecule has 0 aromatic heterocycles. The first-order valence-electron chi connectivity index (χ1n) is 10.2. The van der Waals surface area contributed by atoms with Crippen molar-refractivity contribution < 1.29 is 9.53 Å². The molecular formula is C21H34O2S2. The third kappa shape index (κ3) is 5.00. The molecule has 2 unspecified atom stereocenters. The first-order valence-corrected chi connectivity index (χ1v) is 12.3. The van der Waals surface area contributed by atoms with E-state index < -0.39 is 0 Å². The molecule has 25 heavy (non-hydrogen) atoms. The van der Waals surface area contributed by atoms with Crippen LogP contribution in [0.3, 0.4) is 0 Å². The van der Waals surface area contributed by atoms with E-state index in [-0.39, 0.29) is 11.6 Å². The Bertz CT molecular complexity index is 463.